The number of primary sulfonamides is 1. The normalized spacial score (nSPS) is 15.9. The Labute approximate surface area is 241 Å². The standard InChI is InChI=1S/C30H30F2N2O5S2/c1-18-14-20(32)15-19(2)27(18)28(35)30-29(25-9-8-24(41(33,36)37)16-26(25)40-30)39-22-6-4-21(5-7-22)38-23-10-13-34(17-23)12-3-11-31/h4-9,14-16,23H,3,10-13,17H2,1-2H3,(H2,33,36,37). The minimum atomic E-state index is -3.96. The first kappa shape index (κ1) is 29.1. The molecule has 0 spiro atoms. The lowest BCUT2D eigenvalue weighted by Gasteiger charge is -2.16. The first-order chi connectivity index (χ1) is 19.5. The van der Waals surface area contributed by atoms with Crippen LogP contribution in [0.2, 0.25) is 0 Å². The zero-order valence-corrected chi connectivity index (χ0v) is 24.3. The lowest BCUT2D eigenvalue weighted by Crippen LogP contribution is -2.26. The van der Waals surface area contributed by atoms with Gasteiger partial charge >= 0.3 is 0 Å². The number of hydrogen-bond donors (Lipinski definition) is 1. The Morgan fingerprint density at radius 1 is 1.07 bits per heavy atom. The van der Waals surface area contributed by atoms with Gasteiger partial charge in [0.1, 0.15) is 28.3 Å². The third-order valence-electron chi connectivity index (χ3n) is 7.06. The molecule has 216 valence electrons. The van der Waals surface area contributed by atoms with Gasteiger partial charge in [-0.05, 0) is 92.4 Å². The van der Waals surface area contributed by atoms with E-state index < -0.39 is 15.8 Å². The molecule has 1 unspecified atom stereocenters. The Morgan fingerprint density at radius 3 is 2.41 bits per heavy atom. The van der Waals surface area contributed by atoms with E-state index in [-0.39, 0.29) is 34.1 Å². The van der Waals surface area contributed by atoms with Gasteiger partial charge in [-0.25, -0.2) is 17.9 Å². The molecule has 0 saturated carbocycles. The Hall–Kier alpha value is -3.38. The van der Waals surface area contributed by atoms with Crippen molar-refractivity contribution in [2.24, 2.45) is 5.14 Å². The lowest BCUT2D eigenvalue weighted by atomic mass is 9.97. The average Bonchev–Trinajstić information content (AvgIpc) is 3.51. The van der Waals surface area contributed by atoms with Gasteiger partial charge in [0.15, 0.2) is 5.75 Å². The summed E-state index contributed by atoms with van der Waals surface area (Å²) in [4.78, 5) is 16.2. The van der Waals surface area contributed by atoms with Crippen LogP contribution < -0.4 is 14.6 Å². The molecule has 2 heterocycles. The summed E-state index contributed by atoms with van der Waals surface area (Å²) in [6.45, 7) is 5.34. The van der Waals surface area contributed by atoms with E-state index in [0.717, 1.165) is 30.8 Å². The monoisotopic (exact) mass is 600 g/mol. The number of aryl methyl sites for hydroxylation is 2. The van der Waals surface area contributed by atoms with Gasteiger partial charge in [0.2, 0.25) is 15.8 Å². The van der Waals surface area contributed by atoms with E-state index in [2.05, 4.69) is 4.90 Å². The summed E-state index contributed by atoms with van der Waals surface area (Å²) in [5.74, 6) is 0.593. The molecule has 5 rings (SSSR count). The third kappa shape index (κ3) is 6.43. The Bertz CT molecular complexity index is 1680. The number of ether oxygens (including phenoxy) is 2. The van der Waals surface area contributed by atoms with E-state index in [1.54, 1.807) is 44.2 Å². The van der Waals surface area contributed by atoms with Gasteiger partial charge in [-0.2, -0.15) is 0 Å². The lowest BCUT2D eigenvalue weighted by molar-refractivity contribution is 0.103. The number of likely N-dealkylation sites (tertiary alicyclic amines) is 1. The van der Waals surface area contributed by atoms with E-state index >= 15 is 0 Å². The number of fused-ring (bicyclic) bond motifs is 1. The number of sulfonamides is 1. The summed E-state index contributed by atoms with van der Waals surface area (Å²) in [6, 6.07) is 14.0. The van der Waals surface area contributed by atoms with Gasteiger partial charge in [-0.15, -0.1) is 11.3 Å². The summed E-state index contributed by atoms with van der Waals surface area (Å²) in [6.07, 6.45) is 1.39. The van der Waals surface area contributed by atoms with E-state index in [1.165, 1.54) is 24.3 Å². The molecule has 0 amide bonds. The third-order valence-corrected chi connectivity index (χ3v) is 9.10. The fourth-order valence-electron chi connectivity index (χ4n) is 5.14. The maximum absolute atomic E-state index is 14.0. The van der Waals surface area contributed by atoms with Crippen LogP contribution in [0.3, 0.4) is 0 Å². The molecule has 1 saturated heterocycles. The molecule has 4 aromatic rings. The fraction of sp³-hybridized carbons (Fsp3) is 0.300. The molecule has 1 aliphatic rings. The predicted octanol–water partition coefficient (Wildman–Crippen LogP) is 6.14. The van der Waals surface area contributed by atoms with Crippen LogP contribution in [0.1, 0.15) is 39.2 Å². The Kier molecular flexibility index (Phi) is 8.42. The second-order valence-corrected chi connectivity index (χ2v) is 12.8. The molecule has 2 N–H and O–H groups in total. The van der Waals surface area contributed by atoms with Gasteiger partial charge < -0.3 is 9.47 Å². The number of hydrogen-bond acceptors (Lipinski definition) is 7. The zero-order chi connectivity index (χ0) is 29.3. The van der Waals surface area contributed by atoms with Crippen LogP contribution in [0.25, 0.3) is 10.1 Å². The number of nitrogens with two attached hydrogens (primary N) is 1. The Morgan fingerprint density at radius 2 is 1.76 bits per heavy atom. The van der Waals surface area contributed by atoms with Crippen LogP contribution in [0.5, 0.6) is 17.2 Å². The summed E-state index contributed by atoms with van der Waals surface area (Å²) < 4.78 is 63.3. The predicted molar refractivity (Wildman–Crippen MR) is 155 cm³/mol. The van der Waals surface area contributed by atoms with Crippen molar-refractivity contribution in [3.05, 3.63) is 82.0 Å². The van der Waals surface area contributed by atoms with Crippen molar-refractivity contribution in [1.82, 2.24) is 4.90 Å². The van der Waals surface area contributed by atoms with Crippen molar-refractivity contribution in [2.75, 3.05) is 26.3 Å². The highest BCUT2D eigenvalue weighted by molar-refractivity contribution is 7.89. The second kappa shape index (κ2) is 11.8. The van der Waals surface area contributed by atoms with Gasteiger partial charge in [0.05, 0.1) is 11.6 Å². The van der Waals surface area contributed by atoms with Crippen LogP contribution >= 0.6 is 11.3 Å². The van der Waals surface area contributed by atoms with Crippen molar-refractivity contribution in [1.29, 1.82) is 0 Å². The average molecular weight is 601 g/mol. The largest absolute Gasteiger partial charge is 0.489 e. The minimum absolute atomic E-state index is 0.0154. The molecular weight excluding hydrogens is 570 g/mol. The number of ketones is 1. The van der Waals surface area contributed by atoms with Gasteiger partial charge in [-0.3, -0.25) is 14.1 Å². The zero-order valence-electron chi connectivity index (χ0n) is 22.7. The van der Waals surface area contributed by atoms with Crippen LogP contribution in [-0.4, -0.2) is 51.5 Å². The number of thiophene rings is 1. The summed E-state index contributed by atoms with van der Waals surface area (Å²) in [7, 11) is -3.96. The van der Waals surface area contributed by atoms with Crippen molar-refractivity contribution in [2.45, 2.75) is 37.7 Å². The first-order valence-corrected chi connectivity index (χ1v) is 15.5. The summed E-state index contributed by atoms with van der Waals surface area (Å²) in [5, 5.41) is 5.88. The number of alkyl halides is 1. The molecule has 1 atom stereocenters. The van der Waals surface area contributed by atoms with Crippen LogP contribution in [0.4, 0.5) is 8.78 Å². The molecule has 11 heteroatoms. The number of carbonyl (C=O) groups is 1. The Balaban J connectivity index is 1.45. The van der Waals surface area contributed by atoms with Crippen molar-refractivity contribution < 1.29 is 31.5 Å². The van der Waals surface area contributed by atoms with Gasteiger partial charge in [-0.1, -0.05) is 0 Å². The first-order valence-electron chi connectivity index (χ1n) is 13.2. The van der Waals surface area contributed by atoms with Crippen molar-refractivity contribution in [3.63, 3.8) is 0 Å². The van der Waals surface area contributed by atoms with Crippen molar-refractivity contribution >= 4 is 37.2 Å². The molecule has 0 bridgehead atoms. The molecule has 1 aromatic heterocycles. The highest BCUT2D eigenvalue weighted by Crippen LogP contribution is 2.43. The number of rotatable bonds is 10. The smallest absolute Gasteiger partial charge is 0.238 e. The van der Waals surface area contributed by atoms with Crippen LogP contribution in [-0.2, 0) is 10.0 Å². The van der Waals surface area contributed by atoms with E-state index in [0.29, 0.717) is 51.2 Å². The highest BCUT2D eigenvalue weighted by Gasteiger charge is 2.26. The molecule has 7 nitrogen and oxygen atoms in total. The highest BCUT2D eigenvalue weighted by atomic mass is 32.2. The molecule has 0 radical (unpaired) electrons. The van der Waals surface area contributed by atoms with Gasteiger partial charge in [0, 0.05) is 35.3 Å². The molecule has 1 aliphatic heterocycles. The maximum atomic E-state index is 14.0. The van der Waals surface area contributed by atoms with E-state index in [4.69, 9.17) is 14.6 Å². The topological polar surface area (TPSA) is 98.9 Å². The van der Waals surface area contributed by atoms with Gasteiger partial charge in [0.25, 0.3) is 0 Å². The maximum Gasteiger partial charge on any atom is 0.238 e. The summed E-state index contributed by atoms with van der Waals surface area (Å²) in [5.41, 5.74) is 1.32. The van der Waals surface area contributed by atoms with E-state index in [9.17, 15) is 22.0 Å². The molecule has 1 fully saturated rings. The van der Waals surface area contributed by atoms with E-state index in [1.807, 2.05) is 0 Å². The summed E-state index contributed by atoms with van der Waals surface area (Å²) >= 11 is 1.09. The fourth-order valence-corrected chi connectivity index (χ4v) is 6.87. The SMILES string of the molecule is Cc1cc(F)cc(C)c1C(=O)c1sc2cc(S(N)(=O)=O)ccc2c1Oc1ccc(OC2CCN(CCCF)C2)cc1. The minimum Gasteiger partial charge on any atom is -0.489 e. The number of benzene rings is 3. The molecule has 41 heavy (non-hydrogen) atoms. The quantitative estimate of drug-likeness (QED) is 0.220. The second-order valence-electron chi connectivity index (χ2n) is 10.2. The number of carbonyl (C=O) groups excluding carboxylic acids is 1. The molecular formula is C30H30F2N2O5S2. The van der Waals surface area contributed by atoms with Crippen LogP contribution in [0.15, 0.2) is 59.5 Å². The van der Waals surface area contributed by atoms with Crippen molar-refractivity contribution in [3.8, 4) is 17.2 Å². The molecule has 0 aliphatic carbocycles. The number of nitrogens with zero attached hydrogens (tertiary/aromatic N) is 1. The number of halogens is 2. The molecule has 3 aromatic carbocycles. The van der Waals surface area contributed by atoms with Crippen LogP contribution in [0, 0.1) is 19.7 Å².